The second-order valence-electron chi connectivity index (χ2n) is 1.77. The average Bonchev–Trinajstić information content (AvgIpc) is 2.07. The van der Waals surface area contributed by atoms with E-state index in [0.29, 0.717) is 0 Å². The molecule has 0 amide bonds. The monoisotopic (exact) mass is 232 g/mol. The average molecular weight is 232 g/mol. The number of ether oxygens (including phenoxy) is 1. The van der Waals surface area contributed by atoms with Crippen LogP contribution in [0.2, 0.25) is 0 Å². The first-order chi connectivity index (χ1) is 4.50. The summed E-state index contributed by atoms with van der Waals surface area (Å²) in [5.41, 5.74) is 0. The summed E-state index contributed by atoms with van der Waals surface area (Å²) in [6.45, 7) is 2.00. The Morgan fingerprint density at radius 2 is 1.31 bits per heavy atom. The van der Waals surface area contributed by atoms with Crippen LogP contribution in [0.15, 0.2) is 0 Å². The van der Waals surface area contributed by atoms with Crippen LogP contribution in [0, 0.1) is 0 Å². The molecule has 1 saturated heterocycles. The first kappa shape index (κ1) is 24.3. The van der Waals surface area contributed by atoms with Crippen molar-refractivity contribution in [2.45, 2.75) is 12.8 Å². The predicted octanol–water partition coefficient (Wildman–Crippen LogP) is -8.73. The van der Waals surface area contributed by atoms with E-state index in [-0.39, 0.29) is 66.0 Å². The van der Waals surface area contributed by atoms with Crippen LogP contribution in [0.4, 0.5) is 0 Å². The molecule has 6 nitrogen and oxygen atoms in total. The quantitative estimate of drug-likeness (QED) is 0.302. The van der Waals surface area contributed by atoms with Gasteiger partial charge in [-0.25, -0.2) is 0 Å². The fourth-order valence-corrected chi connectivity index (χ4v) is 0.510. The number of phosphoric acid groups is 1. The van der Waals surface area contributed by atoms with Crippen molar-refractivity contribution in [3.8, 4) is 0 Å². The van der Waals surface area contributed by atoms with Gasteiger partial charge in [-0.15, -0.1) is 0 Å². The zero-order valence-corrected chi connectivity index (χ0v) is 12.7. The predicted molar refractivity (Wildman–Crippen MR) is 32.4 cm³/mol. The molecule has 0 bridgehead atoms. The number of hydrogen-bond donors (Lipinski definition) is 0. The first-order valence-electron chi connectivity index (χ1n) is 2.81. The zero-order chi connectivity index (χ0) is 8.04. The van der Waals surface area contributed by atoms with Crippen LogP contribution < -0.4 is 73.8 Å². The molecule has 2 N–H and O–H groups in total. The summed E-state index contributed by atoms with van der Waals surface area (Å²) in [4.78, 5) is 25.6. The molecule has 1 aliphatic heterocycles. The molecule has 0 aromatic heterocycles. The first-order valence-corrected chi connectivity index (χ1v) is 4.27. The van der Waals surface area contributed by atoms with Gasteiger partial charge in [0.25, 0.3) is 0 Å². The van der Waals surface area contributed by atoms with Crippen molar-refractivity contribution in [3.63, 3.8) is 0 Å². The number of hydrogen-bond acceptors (Lipinski definition) is 5. The van der Waals surface area contributed by atoms with Gasteiger partial charge in [0.1, 0.15) is 0 Å². The van der Waals surface area contributed by atoms with Crippen molar-refractivity contribution in [2.75, 3.05) is 13.2 Å². The van der Waals surface area contributed by atoms with Crippen LogP contribution in [0.5, 0.6) is 0 Å². The van der Waals surface area contributed by atoms with Gasteiger partial charge in [0.05, 0.1) is 0 Å². The minimum Gasteiger partial charge on any atom is -0.822 e. The molecule has 1 fully saturated rings. The van der Waals surface area contributed by atoms with E-state index in [1.165, 1.54) is 12.8 Å². The van der Waals surface area contributed by atoms with Crippen LogP contribution in [-0.2, 0) is 9.30 Å². The van der Waals surface area contributed by atoms with Gasteiger partial charge in [-0.1, -0.05) is 0 Å². The largest absolute Gasteiger partial charge is 1.00 e. The summed E-state index contributed by atoms with van der Waals surface area (Å²) in [5, 5.41) is 0. The van der Waals surface area contributed by atoms with Crippen molar-refractivity contribution in [1.82, 2.24) is 0 Å². The van der Waals surface area contributed by atoms with Gasteiger partial charge in [0.15, 0.2) is 0 Å². The maximum atomic E-state index is 8.55. The Hall–Kier alpha value is 2.03. The Bertz CT molecular complexity index is 113. The van der Waals surface area contributed by atoms with Gasteiger partial charge < -0.3 is 29.5 Å². The molecule has 0 spiro atoms. The van der Waals surface area contributed by atoms with Crippen molar-refractivity contribution >= 4 is 7.82 Å². The van der Waals surface area contributed by atoms with Crippen molar-refractivity contribution in [2.24, 2.45) is 0 Å². The molecule has 0 saturated carbocycles. The van der Waals surface area contributed by atoms with E-state index in [1.807, 2.05) is 0 Å². The summed E-state index contributed by atoms with van der Waals surface area (Å²) in [6, 6.07) is 0. The van der Waals surface area contributed by atoms with Crippen molar-refractivity contribution < 1.29 is 90.0 Å². The third-order valence-corrected chi connectivity index (χ3v) is 0.827. The summed E-state index contributed by atoms with van der Waals surface area (Å²) >= 11 is 0. The second kappa shape index (κ2) is 14.0. The van der Waals surface area contributed by atoms with Gasteiger partial charge in [-0.05, 0) is 12.8 Å². The normalized spacial score (nSPS) is 13.8. The fourth-order valence-electron chi connectivity index (χ4n) is 0.510. The third kappa shape index (κ3) is 41.1. The van der Waals surface area contributed by atoms with Crippen LogP contribution >= 0.6 is 7.82 Å². The Morgan fingerprint density at radius 3 is 1.38 bits per heavy atom. The van der Waals surface area contributed by atoms with Gasteiger partial charge in [0.2, 0.25) is 0 Å². The Morgan fingerprint density at radius 1 is 1.08 bits per heavy atom. The van der Waals surface area contributed by atoms with E-state index in [1.54, 1.807) is 0 Å². The molecular weight excluding hydrogens is 221 g/mol. The molecule has 70 valence electrons. The molecule has 0 aromatic carbocycles. The van der Waals surface area contributed by atoms with Crippen LogP contribution in [0.1, 0.15) is 14.3 Å². The van der Waals surface area contributed by atoms with Gasteiger partial charge in [-0.2, -0.15) is 7.82 Å². The molecule has 0 radical (unpaired) electrons. The van der Waals surface area contributed by atoms with Crippen molar-refractivity contribution in [1.29, 1.82) is 0 Å². The van der Waals surface area contributed by atoms with Gasteiger partial charge in [-0.3, -0.25) is 0 Å². The molecule has 13 heavy (non-hydrogen) atoms. The topological polar surface area (TPSA) is 127 Å². The van der Waals surface area contributed by atoms with E-state index in [0.717, 1.165) is 13.2 Å². The molecule has 0 unspecified atom stereocenters. The molecule has 0 atom stereocenters. The zero-order valence-electron chi connectivity index (χ0n) is 8.82. The Kier molecular flexibility index (Phi) is 26.2. The third-order valence-electron chi connectivity index (χ3n) is 0.827. The molecular formula is C4H11Na2O6P. The standard InChI is InChI=1S/C4H8O.2Na.H3O4P.H2O/c1-2-4-5-3-1;;;1-5(2,3)4;/h1-4H2;;;(H3,1,2,3,4);1H2/q;2*+1;;/p-2. The second-order valence-corrected chi connectivity index (χ2v) is 2.66. The molecule has 0 aromatic rings. The van der Waals surface area contributed by atoms with Crippen LogP contribution in [0.25, 0.3) is 0 Å². The molecule has 1 heterocycles. The van der Waals surface area contributed by atoms with E-state index in [9.17, 15) is 0 Å². The fraction of sp³-hybridized carbons (Fsp3) is 1.00. The van der Waals surface area contributed by atoms with E-state index >= 15 is 0 Å². The van der Waals surface area contributed by atoms with Crippen LogP contribution in [0.3, 0.4) is 0 Å². The SMILES string of the molecule is C1CCOC1.O.O=P([O-])([O-])[O-].[H+].[Na+].[Na+]. The maximum absolute atomic E-state index is 8.55. The molecule has 0 aliphatic carbocycles. The number of rotatable bonds is 0. The molecule has 1 aliphatic rings. The van der Waals surface area contributed by atoms with E-state index < -0.39 is 7.82 Å². The minimum atomic E-state index is -5.39. The van der Waals surface area contributed by atoms with Gasteiger partial charge in [0, 0.05) is 13.2 Å². The Balaban J connectivity index is -0.0000000300. The van der Waals surface area contributed by atoms with Crippen molar-refractivity contribution in [3.05, 3.63) is 0 Å². The van der Waals surface area contributed by atoms with E-state index in [2.05, 4.69) is 0 Å². The Labute approximate surface area is 123 Å². The summed E-state index contributed by atoms with van der Waals surface area (Å²) < 4.78 is 13.5. The molecule has 9 heteroatoms. The summed E-state index contributed by atoms with van der Waals surface area (Å²) in [5.74, 6) is 0. The minimum absolute atomic E-state index is 0. The van der Waals surface area contributed by atoms with Gasteiger partial charge >= 0.3 is 60.5 Å². The molecule has 1 rings (SSSR count). The maximum Gasteiger partial charge on any atom is 1.00 e. The summed E-state index contributed by atoms with van der Waals surface area (Å²) in [6.07, 6.45) is 2.56. The van der Waals surface area contributed by atoms with Crippen LogP contribution in [-0.4, -0.2) is 18.7 Å². The van der Waals surface area contributed by atoms with E-state index in [4.69, 9.17) is 24.0 Å². The summed E-state index contributed by atoms with van der Waals surface area (Å²) in [7, 11) is -5.39. The smallest absolute Gasteiger partial charge is 0.822 e.